The van der Waals surface area contributed by atoms with Crippen LogP contribution in [0.4, 0.5) is 0 Å². The molecule has 2 N–H and O–H groups in total. The predicted molar refractivity (Wildman–Crippen MR) is 67.8 cm³/mol. The van der Waals surface area contributed by atoms with Gasteiger partial charge in [0.05, 0.1) is 5.92 Å². The number of carbonyl (C=O) groups is 1. The Kier molecular flexibility index (Phi) is 5.56. The van der Waals surface area contributed by atoms with Crippen molar-refractivity contribution in [2.45, 2.75) is 45.1 Å². The molecule has 0 aromatic rings. The van der Waals surface area contributed by atoms with Gasteiger partial charge in [0.1, 0.15) is 0 Å². The fourth-order valence-electron chi connectivity index (χ4n) is 2.34. The Morgan fingerprint density at radius 2 is 2.12 bits per heavy atom. The van der Waals surface area contributed by atoms with Gasteiger partial charge in [0.2, 0.25) is 5.91 Å². The zero-order valence-corrected chi connectivity index (χ0v) is 10.8. The number of carbonyl (C=O) groups excluding carboxylic acids is 1. The highest BCUT2D eigenvalue weighted by atomic mass is 35.5. The third kappa shape index (κ3) is 3.95. The Morgan fingerprint density at radius 1 is 1.38 bits per heavy atom. The lowest BCUT2D eigenvalue weighted by molar-refractivity contribution is -0.126. The second-order valence-corrected chi connectivity index (χ2v) is 5.01. The van der Waals surface area contributed by atoms with Crippen molar-refractivity contribution in [2.24, 2.45) is 11.8 Å². The number of hydrogen-bond donors (Lipinski definition) is 2. The third-order valence-electron chi connectivity index (χ3n) is 3.65. The Hall–Kier alpha value is -0.280. The van der Waals surface area contributed by atoms with Gasteiger partial charge in [0.25, 0.3) is 0 Å². The molecule has 3 nitrogen and oxygen atoms in total. The SMILES string of the molecule is C[C@H]1NCCC[C@H]1C(=O)NCCC1CC1.Cl. The first-order valence-electron chi connectivity index (χ1n) is 6.28. The molecule has 4 heteroatoms. The topological polar surface area (TPSA) is 41.1 Å². The molecular weight excluding hydrogens is 224 g/mol. The van der Waals surface area contributed by atoms with E-state index in [4.69, 9.17) is 0 Å². The second-order valence-electron chi connectivity index (χ2n) is 5.01. The fraction of sp³-hybridized carbons (Fsp3) is 0.917. The molecule has 0 unspecified atom stereocenters. The van der Waals surface area contributed by atoms with E-state index in [1.165, 1.54) is 19.3 Å². The van der Waals surface area contributed by atoms with Crippen molar-refractivity contribution in [2.75, 3.05) is 13.1 Å². The number of halogens is 1. The molecule has 0 radical (unpaired) electrons. The van der Waals surface area contributed by atoms with E-state index >= 15 is 0 Å². The first-order chi connectivity index (χ1) is 7.27. The standard InChI is InChI=1S/C12H22N2O.ClH/c1-9-11(3-2-7-13-9)12(15)14-8-6-10-4-5-10;/h9-11,13H,2-8H2,1H3,(H,14,15);1H/t9-,11-;/m1./s1. The minimum atomic E-state index is 0. The Labute approximate surface area is 104 Å². The zero-order valence-electron chi connectivity index (χ0n) is 10.00. The van der Waals surface area contributed by atoms with Crippen molar-refractivity contribution >= 4 is 18.3 Å². The van der Waals surface area contributed by atoms with Crippen LogP contribution in [0.25, 0.3) is 0 Å². The molecule has 1 aliphatic carbocycles. The number of nitrogens with one attached hydrogen (secondary N) is 2. The zero-order chi connectivity index (χ0) is 10.7. The summed E-state index contributed by atoms with van der Waals surface area (Å²) in [4.78, 5) is 11.9. The molecule has 1 heterocycles. The number of rotatable bonds is 4. The first kappa shape index (κ1) is 13.8. The largest absolute Gasteiger partial charge is 0.356 e. The lowest BCUT2D eigenvalue weighted by Gasteiger charge is -2.28. The maximum atomic E-state index is 11.9. The predicted octanol–water partition coefficient (Wildman–Crippen LogP) is 1.71. The molecule has 0 bridgehead atoms. The van der Waals surface area contributed by atoms with Crippen LogP contribution in [0.1, 0.15) is 39.0 Å². The van der Waals surface area contributed by atoms with Crippen LogP contribution in [0.5, 0.6) is 0 Å². The Bertz CT molecular complexity index is 231. The van der Waals surface area contributed by atoms with Gasteiger partial charge in [0.15, 0.2) is 0 Å². The highest BCUT2D eigenvalue weighted by Gasteiger charge is 2.27. The highest BCUT2D eigenvalue weighted by Crippen LogP contribution is 2.31. The molecule has 0 aromatic carbocycles. The molecule has 1 saturated carbocycles. The number of amides is 1. The molecule has 2 rings (SSSR count). The molecule has 0 aromatic heterocycles. The van der Waals surface area contributed by atoms with Crippen LogP contribution < -0.4 is 10.6 Å². The van der Waals surface area contributed by atoms with Crippen LogP contribution in [-0.4, -0.2) is 25.0 Å². The van der Waals surface area contributed by atoms with Gasteiger partial charge in [-0.2, -0.15) is 0 Å². The summed E-state index contributed by atoms with van der Waals surface area (Å²) in [7, 11) is 0. The summed E-state index contributed by atoms with van der Waals surface area (Å²) in [6, 6.07) is 0.347. The maximum Gasteiger partial charge on any atom is 0.224 e. The monoisotopic (exact) mass is 246 g/mol. The highest BCUT2D eigenvalue weighted by molar-refractivity contribution is 5.85. The molecule has 2 aliphatic rings. The van der Waals surface area contributed by atoms with Gasteiger partial charge in [-0.05, 0) is 38.6 Å². The van der Waals surface area contributed by atoms with Crippen molar-refractivity contribution in [1.29, 1.82) is 0 Å². The molecule has 94 valence electrons. The normalized spacial score (nSPS) is 29.3. The van der Waals surface area contributed by atoms with Crippen LogP contribution in [-0.2, 0) is 4.79 Å². The minimum absolute atomic E-state index is 0. The van der Waals surface area contributed by atoms with Crippen LogP contribution in [0.2, 0.25) is 0 Å². The average Bonchev–Trinajstić information content (AvgIpc) is 3.02. The van der Waals surface area contributed by atoms with Crippen LogP contribution >= 0.6 is 12.4 Å². The van der Waals surface area contributed by atoms with Gasteiger partial charge in [0, 0.05) is 12.6 Å². The summed E-state index contributed by atoms with van der Waals surface area (Å²) in [5.74, 6) is 1.36. The van der Waals surface area contributed by atoms with Crippen molar-refractivity contribution in [1.82, 2.24) is 10.6 Å². The quantitative estimate of drug-likeness (QED) is 0.793. The Morgan fingerprint density at radius 3 is 2.75 bits per heavy atom. The summed E-state index contributed by atoms with van der Waals surface area (Å²) in [5, 5.41) is 6.44. The van der Waals surface area contributed by atoms with E-state index in [9.17, 15) is 4.79 Å². The summed E-state index contributed by atoms with van der Waals surface area (Å²) in [6.07, 6.45) is 6.10. The molecule has 16 heavy (non-hydrogen) atoms. The second kappa shape index (κ2) is 6.45. The fourth-order valence-corrected chi connectivity index (χ4v) is 2.34. The summed E-state index contributed by atoms with van der Waals surface area (Å²) < 4.78 is 0. The van der Waals surface area contributed by atoms with E-state index in [2.05, 4.69) is 17.6 Å². The van der Waals surface area contributed by atoms with E-state index in [1.807, 2.05) is 0 Å². The molecule has 2 atom stereocenters. The van der Waals surface area contributed by atoms with Gasteiger partial charge in [-0.25, -0.2) is 0 Å². The molecule has 1 saturated heterocycles. The molecule has 1 aliphatic heterocycles. The Balaban J connectivity index is 0.00000128. The average molecular weight is 247 g/mol. The van der Waals surface area contributed by atoms with Crippen molar-refractivity contribution in [3.8, 4) is 0 Å². The van der Waals surface area contributed by atoms with Crippen molar-refractivity contribution in [3.05, 3.63) is 0 Å². The van der Waals surface area contributed by atoms with E-state index in [1.54, 1.807) is 0 Å². The van der Waals surface area contributed by atoms with Crippen molar-refractivity contribution in [3.63, 3.8) is 0 Å². The van der Waals surface area contributed by atoms with Crippen molar-refractivity contribution < 1.29 is 4.79 Å². The molecule has 0 spiro atoms. The van der Waals surface area contributed by atoms with Crippen LogP contribution in [0.15, 0.2) is 0 Å². The summed E-state index contributed by atoms with van der Waals surface area (Å²) >= 11 is 0. The third-order valence-corrected chi connectivity index (χ3v) is 3.65. The van der Waals surface area contributed by atoms with Gasteiger partial charge >= 0.3 is 0 Å². The summed E-state index contributed by atoms with van der Waals surface area (Å²) in [5.41, 5.74) is 0. The molecule has 2 fully saturated rings. The smallest absolute Gasteiger partial charge is 0.224 e. The summed E-state index contributed by atoms with van der Waals surface area (Å²) in [6.45, 7) is 4.06. The maximum absolute atomic E-state index is 11.9. The lowest BCUT2D eigenvalue weighted by atomic mass is 9.91. The van der Waals surface area contributed by atoms with Gasteiger partial charge in [-0.1, -0.05) is 12.8 Å². The number of hydrogen-bond acceptors (Lipinski definition) is 2. The van der Waals surface area contributed by atoms with Crippen LogP contribution in [0, 0.1) is 11.8 Å². The number of piperidine rings is 1. The molecular formula is C12H23ClN2O. The minimum Gasteiger partial charge on any atom is -0.356 e. The van der Waals surface area contributed by atoms with Gasteiger partial charge in [-0.15, -0.1) is 12.4 Å². The lowest BCUT2D eigenvalue weighted by Crippen LogP contribution is -2.46. The van der Waals surface area contributed by atoms with Gasteiger partial charge in [-0.3, -0.25) is 4.79 Å². The van der Waals surface area contributed by atoms with Crippen LogP contribution in [0.3, 0.4) is 0 Å². The van der Waals surface area contributed by atoms with E-state index in [0.29, 0.717) is 6.04 Å². The van der Waals surface area contributed by atoms with E-state index in [-0.39, 0.29) is 24.2 Å². The van der Waals surface area contributed by atoms with E-state index < -0.39 is 0 Å². The first-order valence-corrected chi connectivity index (χ1v) is 6.28. The van der Waals surface area contributed by atoms with E-state index in [0.717, 1.165) is 31.8 Å². The molecule has 1 amide bonds. The van der Waals surface area contributed by atoms with Gasteiger partial charge < -0.3 is 10.6 Å².